The van der Waals surface area contributed by atoms with E-state index in [1.54, 1.807) is 0 Å². The van der Waals surface area contributed by atoms with E-state index in [-0.39, 0.29) is 31.1 Å². The van der Waals surface area contributed by atoms with E-state index in [1.807, 2.05) is 0 Å². The first-order valence-corrected chi connectivity index (χ1v) is 28.6. The highest BCUT2D eigenvalue weighted by Crippen LogP contribution is 2.15. The molecule has 0 aliphatic rings. The van der Waals surface area contributed by atoms with E-state index < -0.39 is 6.10 Å². The van der Waals surface area contributed by atoms with E-state index in [4.69, 9.17) is 14.2 Å². The molecule has 0 spiro atoms. The maximum atomic E-state index is 12.8. The van der Waals surface area contributed by atoms with Crippen LogP contribution in [-0.4, -0.2) is 37.2 Å². The Labute approximate surface area is 420 Å². The predicted molar refractivity (Wildman–Crippen MR) is 293 cm³/mol. The minimum Gasteiger partial charge on any atom is -0.462 e. The molecule has 6 heteroatoms. The summed E-state index contributed by atoms with van der Waals surface area (Å²) in [4.78, 5) is 37.9. The van der Waals surface area contributed by atoms with Crippen molar-refractivity contribution >= 4 is 17.9 Å². The first kappa shape index (κ1) is 64.6. The van der Waals surface area contributed by atoms with E-state index in [0.717, 1.165) is 109 Å². The molecule has 0 aromatic carbocycles. The monoisotopic (exact) mass is 947 g/mol. The zero-order chi connectivity index (χ0) is 49.3. The Bertz CT molecular complexity index is 1320. The van der Waals surface area contributed by atoms with Crippen molar-refractivity contribution in [3.63, 3.8) is 0 Å². The third kappa shape index (κ3) is 53.5. The predicted octanol–water partition coefficient (Wildman–Crippen LogP) is 19.2. The quantitative estimate of drug-likeness (QED) is 0.0262. The fourth-order valence-electron chi connectivity index (χ4n) is 7.85. The van der Waals surface area contributed by atoms with Gasteiger partial charge in [0.2, 0.25) is 0 Å². The lowest BCUT2D eigenvalue weighted by atomic mass is 10.1. The molecule has 0 saturated carbocycles. The molecule has 0 aliphatic carbocycles. The summed E-state index contributed by atoms with van der Waals surface area (Å²) in [6, 6.07) is 0. The molecule has 0 radical (unpaired) electrons. The van der Waals surface area contributed by atoms with E-state index in [2.05, 4.69) is 106 Å². The Hall–Kier alpha value is -3.41. The molecule has 390 valence electrons. The number of allylic oxidation sites excluding steroid dienone is 14. The smallest absolute Gasteiger partial charge is 0.306 e. The molecule has 6 nitrogen and oxygen atoms in total. The lowest BCUT2D eigenvalue weighted by Crippen LogP contribution is -2.30. The average Bonchev–Trinajstić information content (AvgIpc) is 3.34. The van der Waals surface area contributed by atoms with Gasteiger partial charge in [-0.1, -0.05) is 241 Å². The van der Waals surface area contributed by atoms with Gasteiger partial charge in [-0.25, -0.2) is 0 Å². The fourth-order valence-corrected chi connectivity index (χ4v) is 7.85. The van der Waals surface area contributed by atoms with Crippen LogP contribution in [-0.2, 0) is 28.6 Å². The first-order chi connectivity index (χ1) is 33.5. The standard InChI is InChI=1S/C62H106O6/c1-4-7-10-13-16-18-20-22-24-26-28-29-30-31-32-33-34-36-37-39-41-43-46-49-52-55-61(64)67-58-59(57-66-60(63)54-51-48-45-15-12-9-6-3)68-62(65)56-53-50-47-44-42-40-38-35-27-25-23-21-19-17-14-11-8-5-2/h7,10,16,18-19,21-22,24-25,27-29,31-32,59H,4-6,8-9,11-15,17,20,23,26,30,33-58H2,1-3H3/b10-7-,18-16-,21-19-,24-22-,27-25-,29-28-,32-31-. The largest absolute Gasteiger partial charge is 0.462 e. The first-order valence-electron chi connectivity index (χ1n) is 28.6. The van der Waals surface area contributed by atoms with Gasteiger partial charge in [-0.2, -0.15) is 0 Å². The number of carbonyl (C=O) groups is 3. The number of unbranched alkanes of at least 4 members (excludes halogenated alkanes) is 26. The molecule has 0 rings (SSSR count). The van der Waals surface area contributed by atoms with Crippen molar-refractivity contribution in [2.75, 3.05) is 13.2 Å². The maximum Gasteiger partial charge on any atom is 0.306 e. The van der Waals surface area contributed by atoms with E-state index in [9.17, 15) is 14.4 Å². The van der Waals surface area contributed by atoms with Crippen molar-refractivity contribution in [2.24, 2.45) is 0 Å². The summed E-state index contributed by atoms with van der Waals surface area (Å²) < 4.78 is 16.8. The number of ether oxygens (including phenoxy) is 3. The summed E-state index contributed by atoms with van der Waals surface area (Å²) in [5.74, 6) is -0.897. The molecule has 0 N–H and O–H groups in total. The topological polar surface area (TPSA) is 78.9 Å². The molecule has 1 atom stereocenters. The molecule has 1 unspecified atom stereocenters. The van der Waals surface area contributed by atoms with Crippen LogP contribution in [0.2, 0.25) is 0 Å². The molecular weight excluding hydrogens is 841 g/mol. The fraction of sp³-hybridized carbons (Fsp3) is 0.726. The van der Waals surface area contributed by atoms with Gasteiger partial charge in [0.15, 0.2) is 6.10 Å². The van der Waals surface area contributed by atoms with Crippen LogP contribution in [0.4, 0.5) is 0 Å². The second-order valence-corrected chi connectivity index (χ2v) is 18.8. The van der Waals surface area contributed by atoms with Crippen LogP contribution in [0.1, 0.15) is 271 Å². The number of esters is 3. The second kappa shape index (κ2) is 56.2. The van der Waals surface area contributed by atoms with Gasteiger partial charge in [-0.3, -0.25) is 14.4 Å². The van der Waals surface area contributed by atoms with Crippen molar-refractivity contribution in [1.82, 2.24) is 0 Å². The van der Waals surface area contributed by atoms with Crippen molar-refractivity contribution < 1.29 is 28.6 Å². The highest BCUT2D eigenvalue weighted by Gasteiger charge is 2.19. The van der Waals surface area contributed by atoms with Gasteiger partial charge >= 0.3 is 17.9 Å². The van der Waals surface area contributed by atoms with Gasteiger partial charge in [-0.15, -0.1) is 0 Å². The van der Waals surface area contributed by atoms with Crippen LogP contribution in [0.15, 0.2) is 85.1 Å². The van der Waals surface area contributed by atoms with Crippen LogP contribution in [0.25, 0.3) is 0 Å². The summed E-state index contributed by atoms with van der Waals surface area (Å²) in [6.45, 7) is 6.47. The van der Waals surface area contributed by atoms with Gasteiger partial charge in [-0.05, 0) is 96.3 Å². The normalized spacial score (nSPS) is 12.7. The van der Waals surface area contributed by atoms with Crippen LogP contribution in [0.3, 0.4) is 0 Å². The lowest BCUT2D eigenvalue weighted by Gasteiger charge is -2.18. The Morgan fingerprint density at radius 1 is 0.309 bits per heavy atom. The van der Waals surface area contributed by atoms with Crippen LogP contribution in [0, 0.1) is 0 Å². The Morgan fingerprint density at radius 3 is 0.912 bits per heavy atom. The van der Waals surface area contributed by atoms with Crippen molar-refractivity contribution in [2.45, 2.75) is 277 Å². The van der Waals surface area contributed by atoms with Crippen LogP contribution < -0.4 is 0 Å². The number of hydrogen-bond acceptors (Lipinski definition) is 6. The molecule has 0 aliphatic heterocycles. The average molecular weight is 948 g/mol. The zero-order valence-electron chi connectivity index (χ0n) is 44.6. The van der Waals surface area contributed by atoms with Gasteiger partial charge in [0.25, 0.3) is 0 Å². The van der Waals surface area contributed by atoms with Crippen molar-refractivity contribution in [1.29, 1.82) is 0 Å². The SMILES string of the molecule is CC/C=C\C/C=C\C/C=C\C/C=C\C/C=C\CCCCCCCCCCCC(=O)OCC(COC(=O)CCCCCCCCC)OC(=O)CCCCCCCCC/C=C\C/C=C\CCCCCC. The van der Waals surface area contributed by atoms with Crippen LogP contribution in [0.5, 0.6) is 0 Å². The van der Waals surface area contributed by atoms with E-state index >= 15 is 0 Å². The van der Waals surface area contributed by atoms with E-state index in [0.29, 0.717) is 19.3 Å². The molecular formula is C62H106O6. The summed E-state index contributed by atoms with van der Waals surface area (Å²) in [6.07, 6.45) is 73.0. The molecule has 0 aromatic rings. The second-order valence-electron chi connectivity index (χ2n) is 18.8. The highest BCUT2D eigenvalue weighted by atomic mass is 16.6. The Balaban J connectivity index is 4.21. The minimum atomic E-state index is -0.780. The van der Waals surface area contributed by atoms with Crippen molar-refractivity contribution in [3.8, 4) is 0 Å². The summed E-state index contributed by atoms with van der Waals surface area (Å²) in [5, 5.41) is 0. The highest BCUT2D eigenvalue weighted by molar-refractivity contribution is 5.71. The maximum absolute atomic E-state index is 12.8. The molecule has 0 saturated heterocycles. The summed E-state index contributed by atoms with van der Waals surface area (Å²) in [7, 11) is 0. The number of hydrogen-bond donors (Lipinski definition) is 0. The van der Waals surface area contributed by atoms with Crippen LogP contribution >= 0.6 is 0 Å². The molecule has 0 aromatic heterocycles. The lowest BCUT2D eigenvalue weighted by molar-refractivity contribution is -0.167. The van der Waals surface area contributed by atoms with Gasteiger partial charge in [0, 0.05) is 19.3 Å². The number of rotatable bonds is 51. The third-order valence-electron chi connectivity index (χ3n) is 12.1. The van der Waals surface area contributed by atoms with Crippen molar-refractivity contribution in [3.05, 3.63) is 85.1 Å². The summed E-state index contributed by atoms with van der Waals surface area (Å²) in [5.41, 5.74) is 0. The number of carbonyl (C=O) groups excluding carboxylic acids is 3. The molecule has 0 amide bonds. The van der Waals surface area contributed by atoms with Gasteiger partial charge in [0.1, 0.15) is 13.2 Å². The molecule has 0 bridgehead atoms. The van der Waals surface area contributed by atoms with E-state index in [1.165, 1.54) is 122 Å². The molecule has 68 heavy (non-hydrogen) atoms. The minimum absolute atomic E-state index is 0.0806. The Kier molecular flexibility index (Phi) is 53.4. The van der Waals surface area contributed by atoms with Gasteiger partial charge < -0.3 is 14.2 Å². The molecule has 0 heterocycles. The third-order valence-corrected chi connectivity index (χ3v) is 12.1. The Morgan fingerprint density at radius 2 is 0.574 bits per heavy atom. The van der Waals surface area contributed by atoms with Gasteiger partial charge in [0.05, 0.1) is 0 Å². The molecule has 0 fully saturated rings. The zero-order valence-corrected chi connectivity index (χ0v) is 44.6. The summed E-state index contributed by atoms with van der Waals surface area (Å²) >= 11 is 0.